The summed E-state index contributed by atoms with van der Waals surface area (Å²) in [5.41, 5.74) is 36.1. The number of para-hydroxylation sites is 1. The molecule has 3 heterocycles. The van der Waals surface area contributed by atoms with Crippen molar-refractivity contribution in [2.75, 3.05) is 14.6 Å². The predicted molar refractivity (Wildman–Crippen MR) is 391 cm³/mol. The smallest absolute Gasteiger partial charge is 0.333 e. The van der Waals surface area contributed by atoms with Gasteiger partial charge in [0.25, 0.3) is 0 Å². The molecule has 1 unspecified atom stereocenters. The van der Waals surface area contributed by atoms with E-state index in [9.17, 15) is 0 Å². The van der Waals surface area contributed by atoms with Crippen LogP contribution in [0.25, 0.3) is 44.5 Å². The lowest BCUT2D eigenvalue weighted by molar-refractivity contribution is 0.304. The Morgan fingerprint density at radius 3 is 1.73 bits per heavy atom. The highest BCUT2D eigenvalue weighted by Crippen LogP contribution is 2.66. The molecule has 6 aliphatic rings. The first-order valence-electron chi connectivity index (χ1n) is 34.1. The molecule has 0 N–H and O–H groups in total. The van der Waals surface area contributed by atoms with Crippen LogP contribution in [0, 0.1) is 6.92 Å². The van der Waals surface area contributed by atoms with Crippen molar-refractivity contribution < 1.29 is 0 Å². The molecule has 452 valence electrons. The van der Waals surface area contributed by atoms with Gasteiger partial charge in [0.1, 0.15) is 0 Å². The van der Waals surface area contributed by atoms with Crippen LogP contribution in [0.15, 0.2) is 231 Å². The Morgan fingerprint density at radius 1 is 0.413 bits per heavy atom. The van der Waals surface area contributed by atoms with Crippen molar-refractivity contribution in [3.63, 3.8) is 0 Å². The summed E-state index contributed by atoms with van der Waals surface area (Å²) in [6.45, 7) is 26.7. The lowest BCUT2D eigenvalue weighted by atomic mass is 9.42. The molecule has 17 rings (SSSR count). The molecule has 0 amide bonds. The Kier molecular flexibility index (Phi) is 12.5. The third kappa shape index (κ3) is 8.07. The zero-order valence-corrected chi connectivity index (χ0v) is 55.5. The van der Waals surface area contributed by atoms with Gasteiger partial charge in [-0.1, -0.05) is 239 Å². The summed E-state index contributed by atoms with van der Waals surface area (Å²) in [6.07, 6.45) is 5.71. The number of hydrogen-bond acceptors (Lipinski definition) is 3. The first-order valence-corrected chi connectivity index (χ1v) is 34.1. The molecule has 11 aromatic carbocycles. The van der Waals surface area contributed by atoms with Gasteiger partial charge < -0.3 is 14.6 Å². The Balaban J connectivity index is 0.980. The van der Waals surface area contributed by atoms with Crippen LogP contribution in [0.3, 0.4) is 0 Å². The molecule has 4 heteroatoms. The van der Waals surface area contributed by atoms with E-state index in [0.717, 1.165) is 42.7 Å². The van der Waals surface area contributed by atoms with Crippen LogP contribution in [0.5, 0.6) is 0 Å². The molecule has 11 aromatic rings. The third-order valence-corrected chi connectivity index (χ3v) is 23.5. The van der Waals surface area contributed by atoms with Crippen LogP contribution < -0.4 is 25.5 Å². The quantitative estimate of drug-likeness (QED) is 0.140. The van der Waals surface area contributed by atoms with Gasteiger partial charge in [-0.3, -0.25) is 0 Å². The average Bonchev–Trinajstić information content (AvgIpc) is 1.23. The van der Waals surface area contributed by atoms with Gasteiger partial charge in [0.15, 0.2) is 0 Å². The zero-order valence-electron chi connectivity index (χ0n) is 55.5. The van der Waals surface area contributed by atoms with Crippen molar-refractivity contribution in [2.45, 2.75) is 141 Å². The first-order chi connectivity index (χ1) is 44.4. The lowest BCUT2D eigenvalue weighted by Gasteiger charge is -2.53. The van der Waals surface area contributed by atoms with E-state index in [2.05, 4.69) is 321 Å². The van der Waals surface area contributed by atoms with Crippen LogP contribution in [0.2, 0.25) is 0 Å². The van der Waals surface area contributed by atoms with Gasteiger partial charge in [-0.05, 0) is 233 Å². The van der Waals surface area contributed by atoms with E-state index in [4.69, 9.17) is 0 Å². The van der Waals surface area contributed by atoms with E-state index in [1.807, 2.05) is 0 Å². The maximum atomic E-state index is 2.81. The largest absolute Gasteiger partial charge is 0.376 e. The third-order valence-electron chi connectivity index (χ3n) is 23.5. The number of aryl methyl sites for hydroxylation is 1. The van der Waals surface area contributed by atoms with E-state index >= 15 is 0 Å². The van der Waals surface area contributed by atoms with E-state index in [0.29, 0.717) is 0 Å². The number of fused-ring (bicyclic) bond motifs is 15. The molecule has 1 spiro atoms. The summed E-state index contributed by atoms with van der Waals surface area (Å²) in [6, 6.07) is 90.2. The van der Waals surface area contributed by atoms with Crippen molar-refractivity contribution in [3.05, 3.63) is 286 Å². The molecule has 0 saturated carbocycles. The van der Waals surface area contributed by atoms with Gasteiger partial charge >= 0.3 is 6.85 Å². The van der Waals surface area contributed by atoms with E-state index in [-0.39, 0.29) is 34.4 Å². The maximum absolute atomic E-state index is 2.81. The van der Waals surface area contributed by atoms with Crippen LogP contribution >= 0.6 is 0 Å². The molecule has 0 fully saturated rings. The Hall–Kier alpha value is -9.12. The summed E-state index contributed by atoms with van der Waals surface area (Å²) >= 11 is 0. The summed E-state index contributed by atoms with van der Waals surface area (Å²) < 4.78 is 0. The fourth-order valence-electron chi connectivity index (χ4n) is 18.0. The highest BCUT2D eigenvalue weighted by atomic mass is 15.2. The fraction of sp³-hybridized carbons (Fsp3) is 0.250. The highest BCUT2D eigenvalue weighted by Gasteiger charge is 2.57. The van der Waals surface area contributed by atoms with Gasteiger partial charge in [0, 0.05) is 45.4 Å². The standard InChI is InChI=1S/C88H82BN3/c1-12-87(11)47-46-86(9,10)75-54-80-77(53-76(75)87)88(70-32-20-18-30-66(70)67-31-19-21-33-71(67)88)73-34-23-35-78-83(73)91(80)81-50-60(55(2)3)49-69-68-42-40-63(52-79(68)92(89(78)82(69)81)64-41-43-72-74(51-64)85(7,8)45-44-84(72,5)6)90(62-28-22-27-59(48-62)57-25-14-13-15-26-57)61-38-36-58(37-39-61)65-29-17-16-24-56(65)4/h13-43,48-55H,12,44-47H2,1-11H3. The molecule has 0 bridgehead atoms. The number of nitrogens with zero attached hydrogens (tertiary/aromatic N) is 3. The van der Waals surface area contributed by atoms with Crippen molar-refractivity contribution in [1.29, 1.82) is 0 Å². The number of benzene rings is 11. The summed E-state index contributed by atoms with van der Waals surface area (Å²) in [4.78, 5) is 8.12. The second kappa shape index (κ2) is 20.2. The summed E-state index contributed by atoms with van der Waals surface area (Å²) in [5, 5.41) is 0. The normalized spacial score (nSPS) is 18.2. The summed E-state index contributed by atoms with van der Waals surface area (Å²) in [7, 11) is 0. The van der Waals surface area contributed by atoms with E-state index < -0.39 is 5.41 Å². The number of hydrogen-bond donors (Lipinski definition) is 0. The lowest BCUT2D eigenvalue weighted by Crippen LogP contribution is -2.63. The zero-order chi connectivity index (χ0) is 63.0. The molecule has 1 atom stereocenters. The highest BCUT2D eigenvalue weighted by molar-refractivity contribution is 6.93. The Bertz CT molecular complexity index is 4820. The minimum absolute atomic E-state index is 0.0169. The van der Waals surface area contributed by atoms with Crippen molar-refractivity contribution in [3.8, 4) is 44.5 Å². The molecule has 3 aliphatic heterocycles. The van der Waals surface area contributed by atoms with E-state index in [1.165, 1.54) is 146 Å². The second-order valence-corrected chi connectivity index (χ2v) is 30.4. The minimum Gasteiger partial charge on any atom is -0.376 e. The van der Waals surface area contributed by atoms with Gasteiger partial charge in [-0.25, -0.2) is 0 Å². The first kappa shape index (κ1) is 56.8. The van der Waals surface area contributed by atoms with Crippen LogP contribution in [-0.4, -0.2) is 6.85 Å². The van der Waals surface area contributed by atoms with Crippen LogP contribution in [-0.2, 0) is 27.1 Å². The van der Waals surface area contributed by atoms with Crippen molar-refractivity contribution in [1.82, 2.24) is 0 Å². The fourth-order valence-corrected chi connectivity index (χ4v) is 18.0. The average molecular weight is 1190 g/mol. The number of rotatable bonds is 8. The van der Waals surface area contributed by atoms with Crippen molar-refractivity contribution in [2.24, 2.45) is 0 Å². The van der Waals surface area contributed by atoms with Gasteiger partial charge in [0.05, 0.1) is 11.1 Å². The molecule has 3 nitrogen and oxygen atoms in total. The second-order valence-electron chi connectivity index (χ2n) is 30.4. The topological polar surface area (TPSA) is 9.72 Å². The molecular formula is C88H82BN3. The van der Waals surface area contributed by atoms with Gasteiger partial charge in [-0.2, -0.15) is 0 Å². The molecule has 0 aromatic heterocycles. The molecule has 3 aliphatic carbocycles. The molecule has 0 radical (unpaired) electrons. The van der Waals surface area contributed by atoms with Gasteiger partial charge in [-0.15, -0.1) is 0 Å². The van der Waals surface area contributed by atoms with E-state index in [1.54, 1.807) is 0 Å². The predicted octanol–water partition coefficient (Wildman–Crippen LogP) is 22.4. The Morgan fingerprint density at radius 2 is 1.02 bits per heavy atom. The van der Waals surface area contributed by atoms with Crippen LogP contribution in [0.4, 0.5) is 45.5 Å². The minimum atomic E-state index is -0.596. The monoisotopic (exact) mass is 1190 g/mol. The van der Waals surface area contributed by atoms with Gasteiger partial charge in [0.2, 0.25) is 0 Å². The maximum Gasteiger partial charge on any atom is 0.333 e. The van der Waals surface area contributed by atoms with Crippen LogP contribution in [0.1, 0.15) is 163 Å². The molecular weight excluding hydrogens is 1110 g/mol. The van der Waals surface area contributed by atoms with Crippen molar-refractivity contribution >= 4 is 63.3 Å². The number of anilines is 8. The summed E-state index contributed by atoms with van der Waals surface area (Å²) in [5.74, 6) is 0.269. The Labute approximate surface area is 546 Å². The SMILES string of the molecule is CCC1(C)CCC(C)(C)c2cc3c(cc21)C1(c2ccccc2-c2ccccc21)c1cccc2c1N3c1cc(C(C)C)cc3c1B2N(c1ccc2c(c1)C(C)(C)CCC2(C)C)c1cc(N(c2ccc(-c4ccccc4C)cc2)c2cccc(-c4ccccc4)c2)ccc1-3. The molecule has 0 saturated heterocycles. The molecule has 92 heavy (non-hydrogen) atoms.